The van der Waals surface area contributed by atoms with Gasteiger partial charge in [0.05, 0.1) is 11.2 Å². The summed E-state index contributed by atoms with van der Waals surface area (Å²) < 4.78 is 2.03. The molecule has 3 amide bonds. The van der Waals surface area contributed by atoms with Crippen molar-refractivity contribution in [3.8, 4) is 11.1 Å². The number of carbonyl (C=O) groups is 2. The summed E-state index contributed by atoms with van der Waals surface area (Å²) >= 11 is 6.45. The zero-order chi connectivity index (χ0) is 22.2. The van der Waals surface area contributed by atoms with E-state index in [4.69, 9.17) is 11.6 Å². The first-order chi connectivity index (χ1) is 14.7. The molecule has 0 aromatic carbocycles. The Hall–Kier alpha value is -2.61. The number of carbonyl (C=O) groups excluding carboxylic acids is 2. The number of anilines is 1. The largest absolute Gasteiger partial charge is 0.354 e. The molecule has 1 fully saturated rings. The van der Waals surface area contributed by atoms with Crippen molar-refractivity contribution >= 4 is 29.4 Å². The van der Waals surface area contributed by atoms with Crippen LogP contribution in [0.4, 0.5) is 10.6 Å². The molecule has 8 nitrogen and oxygen atoms in total. The molecule has 1 aliphatic carbocycles. The zero-order valence-corrected chi connectivity index (χ0v) is 18.9. The van der Waals surface area contributed by atoms with E-state index in [1.165, 1.54) is 6.92 Å². The van der Waals surface area contributed by atoms with Gasteiger partial charge in [-0.1, -0.05) is 25.4 Å². The van der Waals surface area contributed by atoms with Crippen LogP contribution in [-0.2, 0) is 17.8 Å². The molecule has 31 heavy (non-hydrogen) atoms. The summed E-state index contributed by atoms with van der Waals surface area (Å²) in [6.07, 6.45) is 7.83. The smallest absolute Gasteiger partial charge is 0.320 e. The molecule has 0 saturated heterocycles. The van der Waals surface area contributed by atoms with Crippen LogP contribution in [-0.4, -0.2) is 38.8 Å². The Morgan fingerprint density at radius 1 is 1.16 bits per heavy atom. The van der Waals surface area contributed by atoms with Gasteiger partial charge < -0.3 is 10.6 Å². The number of hydrogen-bond acceptors (Lipinski definition) is 4. The van der Waals surface area contributed by atoms with Crippen molar-refractivity contribution < 1.29 is 9.59 Å². The summed E-state index contributed by atoms with van der Waals surface area (Å²) in [4.78, 5) is 28.1. The van der Waals surface area contributed by atoms with Gasteiger partial charge in [-0.05, 0) is 43.6 Å². The molecule has 2 aromatic rings. The average Bonchev–Trinajstić information content (AvgIpc) is 3.18. The fourth-order valence-corrected chi connectivity index (χ4v) is 4.87. The number of amides is 3. The van der Waals surface area contributed by atoms with Gasteiger partial charge in [0.2, 0.25) is 5.91 Å². The summed E-state index contributed by atoms with van der Waals surface area (Å²) in [5.41, 5.74) is 3.11. The molecule has 3 N–H and O–H groups in total. The van der Waals surface area contributed by atoms with E-state index in [0.717, 1.165) is 55.5 Å². The monoisotopic (exact) mass is 444 g/mol. The van der Waals surface area contributed by atoms with Crippen LogP contribution in [0, 0.1) is 5.41 Å². The lowest BCUT2D eigenvalue weighted by Crippen LogP contribution is -2.46. The van der Waals surface area contributed by atoms with Gasteiger partial charge in [0.15, 0.2) is 0 Å². The highest BCUT2D eigenvalue weighted by molar-refractivity contribution is 6.33. The first-order valence-electron chi connectivity index (χ1n) is 10.8. The minimum Gasteiger partial charge on any atom is -0.354 e. The van der Waals surface area contributed by atoms with Crippen LogP contribution in [0.5, 0.6) is 0 Å². The van der Waals surface area contributed by atoms with Gasteiger partial charge in [-0.25, -0.2) is 9.78 Å². The summed E-state index contributed by atoms with van der Waals surface area (Å²) in [5.74, 6) is 0.395. The minimum absolute atomic E-state index is 0.0125. The van der Waals surface area contributed by atoms with Crippen LogP contribution in [0.3, 0.4) is 0 Å². The lowest BCUT2D eigenvalue weighted by atomic mass is 9.89. The molecular formula is C22H29ClN6O2. The van der Waals surface area contributed by atoms with Gasteiger partial charge in [0, 0.05) is 48.6 Å². The molecule has 2 aliphatic rings. The molecule has 4 rings (SSSR count). The van der Waals surface area contributed by atoms with Crippen LogP contribution in [0.1, 0.15) is 52.1 Å². The van der Waals surface area contributed by atoms with Crippen molar-refractivity contribution in [2.45, 2.75) is 71.5 Å². The predicted octanol–water partition coefficient (Wildman–Crippen LogP) is 3.75. The van der Waals surface area contributed by atoms with Crippen molar-refractivity contribution in [3.05, 3.63) is 29.2 Å². The van der Waals surface area contributed by atoms with Gasteiger partial charge in [0.25, 0.3) is 0 Å². The molecule has 2 atom stereocenters. The third-order valence-electron chi connectivity index (χ3n) is 5.98. The molecule has 2 aromatic heterocycles. The Morgan fingerprint density at radius 3 is 2.65 bits per heavy atom. The number of halogens is 1. The van der Waals surface area contributed by atoms with E-state index in [-0.39, 0.29) is 29.4 Å². The van der Waals surface area contributed by atoms with Crippen molar-refractivity contribution in [2.24, 2.45) is 5.41 Å². The first kappa shape index (κ1) is 21.6. The normalized spacial score (nSPS) is 21.9. The molecule has 1 aliphatic heterocycles. The van der Waals surface area contributed by atoms with Crippen molar-refractivity contribution in [3.63, 3.8) is 0 Å². The number of nitrogens with one attached hydrogen (secondary N) is 3. The van der Waals surface area contributed by atoms with Gasteiger partial charge in [-0.15, -0.1) is 0 Å². The van der Waals surface area contributed by atoms with E-state index in [9.17, 15) is 9.59 Å². The van der Waals surface area contributed by atoms with Gasteiger partial charge in [0.1, 0.15) is 5.82 Å². The predicted molar refractivity (Wildman–Crippen MR) is 120 cm³/mol. The standard InChI is InChI=1S/C22H29ClN6O2/c1-13(30)26-14-5-4-6-15(7-14)27-21(31)28-20-8-16(18(23)11-24-20)17-10-25-29-12-22(2,3)9-19(17)29/h8,10-11,14-15H,4-7,9,12H2,1-3H3,(H,26,30)(H2,24,27,28,31)/t14-,15+/m1/s1. The quantitative estimate of drug-likeness (QED) is 0.668. The minimum atomic E-state index is -0.310. The molecule has 0 spiro atoms. The Kier molecular flexibility index (Phi) is 5.92. The average molecular weight is 445 g/mol. The summed E-state index contributed by atoms with van der Waals surface area (Å²) in [7, 11) is 0. The first-order valence-corrected chi connectivity index (χ1v) is 11.1. The maximum Gasteiger partial charge on any atom is 0.320 e. The van der Waals surface area contributed by atoms with Gasteiger partial charge >= 0.3 is 6.03 Å². The molecule has 1 saturated carbocycles. The van der Waals surface area contributed by atoms with Gasteiger partial charge in [-0.2, -0.15) is 5.10 Å². The number of rotatable bonds is 4. The lowest BCUT2D eigenvalue weighted by Gasteiger charge is -2.30. The number of aromatic nitrogens is 3. The van der Waals surface area contributed by atoms with Crippen LogP contribution in [0.15, 0.2) is 18.5 Å². The second-order valence-electron chi connectivity index (χ2n) is 9.41. The Labute approximate surface area is 187 Å². The maximum atomic E-state index is 12.6. The molecule has 9 heteroatoms. The Morgan fingerprint density at radius 2 is 1.90 bits per heavy atom. The van der Waals surface area contributed by atoms with E-state index < -0.39 is 0 Å². The maximum absolute atomic E-state index is 12.6. The van der Waals surface area contributed by atoms with Crippen LogP contribution in [0.25, 0.3) is 11.1 Å². The number of pyridine rings is 1. The topological polar surface area (TPSA) is 101 Å². The van der Waals surface area contributed by atoms with Gasteiger partial charge in [-0.3, -0.25) is 14.8 Å². The third kappa shape index (κ3) is 5.01. The molecule has 166 valence electrons. The van der Waals surface area contributed by atoms with E-state index in [2.05, 4.69) is 39.9 Å². The second kappa shape index (κ2) is 8.49. The Balaban J connectivity index is 1.44. The zero-order valence-electron chi connectivity index (χ0n) is 18.2. The highest BCUT2D eigenvalue weighted by atomic mass is 35.5. The SMILES string of the molecule is CC(=O)N[C@@H]1CCC[C@H](NC(=O)Nc2cc(-c3cnn4c3CC(C)(C)C4)c(Cl)cn2)C1. The summed E-state index contributed by atoms with van der Waals surface area (Å²) in [6.45, 7) is 6.83. The van der Waals surface area contributed by atoms with E-state index >= 15 is 0 Å². The molecule has 0 bridgehead atoms. The Bertz CT molecular complexity index is 1000. The van der Waals surface area contributed by atoms with Crippen molar-refractivity contribution in [1.82, 2.24) is 25.4 Å². The van der Waals surface area contributed by atoms with Crippen LogP contribution < -0.4 is 16.0 Å². The molecule has 0 unspecified atom stereocenters. The summed E-state index contributed by atoms with van der Waals surface area (Å²) in [5, 5.41) is 13.8. The summed E-state index contributed by atoms with van der Waals surface area (Å²) in [6, 6.07) is 1.60. The lowest BCUT2D eigenvalue weighted by molar-refractivity contribution is -0.119. The number of urea groups is 1. The van der Waals surface area contributed by atoms with Crippen LogP contribution in [0.2, 0.25) is 5.02 Å². The molecule has 3 heterocycles. The fourth-order valence-electron chi connectivity index (χ4n) is 4.66. The number of hydrogen-bond donors (Lipinski definition) is 3. The molecular weight excluding hydrogens is 416 g/mol. The van der Waals surface area contributed by atoms with Crippen molar-refractivity contribution in [1.29, 1.82) is 0 Å². The molecule has 0 radical (unpaired) electrons. The van der Waals surface area contributed by atoms with Crippen molar-refractivity contribution in [2.75, 3.05) is 5.32 Å². The van der Waals surface area contributed by atoms with E-state index in [1.54, 1.807) is 12.3 Å². The van der Waals surface area contributed by atoms with Crippen LogP contribution >= 0.6 is 11.6 Å². The highest BCUT2D eigenvalue weighted by Crippen LogP contribution is 2.39. The highest BCUT2D eigenvalue weighted by Gasteiger charge is 2.32. The fraction of sp³-hybridized carbons (Fsp3) is 0.545. The third-order valence-corrected chi connectivity index (χ3v) is 6.28. The second-order valence-corrected chi connectivity index (χ2v) is 9.82. The number of nitrogens with zero attached hydrogens (tertiary/aromatic N) is 3. The number of fused-ring (bicyclic) bond motifs is 1. The van der Waals surface area contributed by atoms with E-state index in [0.29, 0.717) is 10.8 Å². The van der Waals surface area contributed by atoms with E-state index in [1.807, 2.05) is 10.9 Å².